The molecule has 164 valence electrons. The summed E-state index contributed by atoms with van der Waals surface area (Å²) in [5, 5.41) is 0. The maximum Gasteiger partial charge on any atom is 0.266 e. The topological polar surface area (TPSA) is 42.7 Å². The van der Waals surface area contributed by atoms with E-state index in [4.69, 9.17) is 21.4 Å². The first-order valence-corrected chi connectivity index (χ1v) is 12.2. The summed E-state index contributed by atoms with van der Waals surface area (Å²) in [6.45, 7) is 4.06. The first kappa shape index (κ1) is 22.2. The van der Waals surface area contributed by atoms with Crippen LogP contribution in [0, 0.1) is 13.8 Å². The molecule has 2 heterocycles. The molecule has 1 amide bonds. The number of methoxy groups -OCH3 is 1. The Bertz CT molecular complexity index is 1020. The second-order valence-electron chi connectivity index (χ2n) is 8.39. The standard InChI is InChI=1S/C25H29NO3S2/c1-16-13-20(17(2)22(14-16)28-3)21-12-11-19(29-21)15-23-24(27)26(25(30)31-23)18-9-7-5-4-6-8-10-18/h11-15,18H,4-10H2,1-3H3/b23-15-. The molecular weight excluding hydrogens is 426 g/mol. The molecule has 0 spiro atoms. The van der Waals surface area contributed by atoms with Crippen LogP contribution >= 0.6 is 24.0 Å². The molecule has 1 aromatic heterocycles. The van der Waals surface area contributed by atoms with E-state index in [-0.39, 0.29) is 11.9 Å². The summed E-state index contributed by atoms with van der Waals surface area (Å²) in [4.78, 5) is 15.7. The Balaban J connectivity index is 1.56. The molecule has 6 heteroatoms. The largest absolute Gasteiger partial charge is 0.496 e. The zero-order chi connectivity index (χ0) is 22.0. The lowest BCUT2D eigenvalue weighted by Gasteiger charge is -2.28. The highest BCUT2D eigenvalue weighted by Crippen LogP contribution is 2.38. The number of thiocarbonyl (C=S) groups is 1. The highest BCUT2D eigenvalue weighted by atomic mass is 32.2. The molecule has 4 rings (SSSR count). The summed E-state index contributed by atoms with van der Waals surface area (Å²) in [6, 6.07) is 8.19. The Kier molecular flexibility index (Phi) is 6.87. The van der Waals surface area contributed by atoms with E-state index in [2.05, 4.69) is 6.07 Å². The quantitative estimate of drug-likeness (QED) is 0.371. The number of hydrogen-bond acceptors (Lipinski definition) is 5. The van der Waals surface area contributed by atoms with E-state index in [0.717, 1.165) is 41.0 Å². The molecule has 2 aromatic rings. The monoisotopic (exact) mass is 455 g/mol. The maximum atomic E-state index is 13.2. The predicted octanol–water partition coefficient (Wildman–Crippen LogP) is 6.89. The van der Waals surface area contributed by atoms with Gasteiger partial charge in [0.1, 0.15) is 21.6 Å². The average molecular weight is 456 g/mol. The minimum absolute atomic E-state index is 0.0203. The van der Waals surface area contributed by atoms with Crippen molar-refractivity contribution in [3.63, 3.8) is 0 Å². The SMILES string of the molecule is COc1cc(C)cc(-c2ccc(/C=C3\SC(=S)N(C4CCCCCCC4)C3=O)o2)c1C. The normalized spacial score (nSPS) is 19.7. The van der Waals surface area contributed by atoms with Gasteiger partial charge in [0.15, 0.2) is 0 Å². The number of amides is 1. The number of carbonyl (C=O) groups excluding carboxylic acids is 1. The minimum atomic E-state index is 0.0203. The van der Waals surface area contributed by atoms with Gasteiger partial charge in [-0.05, 0) is 56.5 Å². The third-order valence-electron chi connectivity index (χ3n) is 6.15. The number of hydrogen-bond donors (Lipinski definition) is 0. The number of nitrogens with zero attached hydrogens (tertiary/aromatic N) is 1. The van der Waals surface area contributed by atoms with E-state index in [1.54, 1.807) is 7.11 Å². The fourth-order valence-electron chi connectivity index (χ4n) is 4.49. The van der Waals surface area contributed by atoms with Crippen LogP contribution in [-0.4, -0.2) is 28.3 Å². The first-order valence-electron chi connectivity index (χ1n) is 11.0. The van der Waals surface area contributed by atoms with Gasteiger partial charge in [0.2, 0.25) is 0 Å². The molecule has 31 heavy (non-hydrogen) atoms. The van der Waals surface area contributed by atoms with Crippen molar-refractivity contribution < 1.29 is 13.9 Å². The summed E-state index contributed by atoms with van der Waals surface area (Å²) in [5.74, 6) is 2.29. The molecule has 4 nitrogen and oxygen atoms in total. The summed E-state index contributed by atoms with van der Waals surface area (Å²) >= 11 is 6.98. The van der Waals surface area contributed by atoms with Crippen molar-refractivity contribution in [1.82, 2.24) is 4.90 Å². The van der Waals surface area contributed by atoms with Crippen LogP contribution in [0.15, 0.2) is 33.6 Å². The Morgan fingerprint density at radius 1 is 1.13 bits per heavy atom. The van der Waals surface area contributed by atoms with Crippen molar-refractivity contribution in [1.29, 1.82) is 0 Å². The van der Waals surface area contributed by atoms with E-state index >= 15 is 0 Å². The molecule has 1 saturated carbocycles. The third-order valence-corrected chi connectivity index (χ3v) is 7.48. The number of aryl methyl sites for hydroxylation is 1. The lowest BCUT2D eigenvalue weighted by molar-refractivity contribution is -0.123. The van der Waals surface area contributed by atoms with E-state index < -0.39 is 0 Å². The van der Waals surface area contributed by atoms with Gasteiger partial charge in [0.05, 0.1) is 12.0 Å². The number of furan rings is 1. The van der Waals surface area contributed by atoms with Crippen LogP contribution in [0.5, 0.6) is 5.75 Å². The summed E-state index contributed by atoms with van der Waals surface area (Å²) in [7, 11) is 1.68. The van der Waals surface area contributed by atoms with Gasteiger partial charge in [-0.2, -0.15) is 0 Å². The molecule has 0 unspecified atom stereocenters. The van der Waals surface area contributed by atoms with Crippen molar-refractivity contribution in [2.75, 3.05) is 7.11 Å². The van der Waals surface area contributed by atoms with Gasteiger partial charge in [-0.25, -0.2) is 0 Å². The molecular formula is C25H29NO3S2. The molecule has 1 aliphatic heterocycles. The molecule has 0 atom stereocenters. The molecule has 2 fully saturated rings. The van der Waals surface area contributed by atoms with Crippen LogP contribution in [0.1, 0.15) is 61.8 Å². The number of carbonyl (C=O) groups is 1. The Morgan fingerprint density at radius 3 is 2.55 bits per heavy atom. The molecule has 1 saturated heterocycles. The van der Waals surface area contributed by atoms with Crippen molar-refractivity contribution in [3.05, 3.63) is 46.1 Å². The number of ether oxygens (including phenoxy) is 1. The zero-order valence-electron chi connectivity index (χ0n) is 18.4. The highest BCUT2D eigenvalue weighted by molar-refractivity contribution is 8.26. The van der Waals surface area contributed by atoms with Gasteiger partial charge < -0.3 is 9.15 Å². The Hall–Kier alpha value is -2.05. The zero-order valence-corrected chi connectivity index (χ0v) is 20.0. The minimum Gasteiger partial charge on any atom is -0.496 e. The molecule has 0 radical (unpaired) electrons. The van der Waals surface area contributed by atoms with E-state index in [9.17, 15) is 4.79 Å². The smallest absolute Gasteiger partial charge is 0.266 e. The van der Waals surface area contributed by atoms with Crippen LogP contribution < -0.4 is 4.74 Å². The number of rotatable bonds is 4. The first-order chi connectivity index (χ1) is 15.0. The van der Waals surface area contributed by atoms with Crippen LogP contribution in [0.4, 0.5) is 0 Å². The van der Waals surface area contributed by atoms with Crippen molar-refractivity contribution in [2.45, 2.75) is 64.8 Å². The fourth-order valence-corrected chi connectivity index (χ4v) is 5.87. The second-order valence-corrected chi connectivity index (χ2v) is 10.1. The number of benzene rings is 1. The van der Waals surface area contributed by atoms with Crippen molar-refractivity contribution in [2.24, 2.45) is 0 Å². The van der Waals surface area contributed by atoms with Crippen molar-refractivity contribution >= 4 is 40.3 Å². The van der Waals surface area contributed by atoms with Crippen molar-refractivity contribution in [3.8, 4) is 17.1 Å². The summed E-state index contributed by atoms with van der Waals surface area (Å²) < 4.78 is 12.3. The van der Waals surface area contributed by atoms with Gasteiger partial charge in [-0.3, -0.25) is 9.69 Å². The Morgan fingerprint density at radius 2 is 1.84 bits per heavy atom. The number of thioether (sulfide) groups is 1. The van der Waals surface area contributed by atoms with E-state index in [1.807, 2.05) is 43.0 Å². The summed E-state index contributed by atoms with van der Waals surface area (Å²) in [6.07, 6.45) is 10.0. The van der Waals surface area contributed by atoms with E-state index in [0.29, 0.717) is 15.0 Å². The molecule has 0 bridgehead atoms. The van der Waals surface area contributed by atoms with Gasteiger partial charge in [-0.15, -0.1) is 0 Å². The van der Waals surface area contributed by atoms with Crippen LogP contribution in [0.2, 0.25) is 0 Å². The molecule has 1 aromatic carbocycles. The predicted molar refractivity (Wildman–Crippen MR) is 131 cm³/mol. The average Bonchev–Trinajstić information content (AvgIpc) is 3.28. The van der Waals surface area contributed by atoms with Gasteiger partial charge in [0.25, 0.3) is 5.91 Å². The van der Waals surface area contributed by atoms with Gasteiger partial charge >= 0.3 is 0 Å². The van der Waals surface area contributed by atoms with Crippen LogP contribution in [0.3, 0.4) is 0 Å². The lowest BCUT2D eigenvalue weighted by Crippen LogP contribution is -2.39. The maximum absolute atomic E-state index is 13.2. The lowest BCUT2D eigenvalue weighted by atomic mass is 9.96. The highest BCUT2D eigenvalue weighted by Gasteiger charge is 2.37. The van der Waals surface area contributed by atoms with Gasteiger partial charge in [0, 0.05) is 23.2 Å². The Labute approximate surface area is 194 Å². The van der Waals surface area contributed by atoms with Crippen LogP contribution in [-0.2, 0) is 4.79 Å². The summed E-state index contributed by atoms with van der Waals surface area (Å²) in [5.41, 5.74) is 3.14. The van der Waals surface area contributed by atoms with E-state index in [1.165, 1.54) is 43.9 Å². The second kappa shape index (κ2) is 9.61. The van der Waals surface area contributed by atoms with Gasteiger partial charge in [-0.1, -0.05) is 56.1 Å². The molecule has 1 aliphatic carbocycles. The van der Waals surface area contributed by atoms with Crippen LogP contribution in [0.25, 0.3) is 17.4 Å². The molecule has 0 N–H and O–H groups in total. The fraction of sp³-hybridized carbons (Fsp3) is 0.440. The third kappa shape index (κ3) is 4.75. The molecule has 2 aliphatic rings.